The molecule has 2 unspecified atom stereocenters. The third-order valence-electron chi connectivity index (χ3n) is 4.38. The minimum Gasteiger partial charge on any atom is -0.347 e. The van der Waals surface area contributed by atoms with Gasteiger partial charge in [-0.25, -0.2) is 9.67 Å². The molecule has 2 N–H and O–H groups in total. The van der Waals surface area contributed by atoms with E-state index in [1.807, 2.05) is 4.68 Å². The number of nitrogens with zero attached hydrogens (tertiary/aromatic N) is 3. The smallest absolute Gasteiger partial charge is 0.170 e. The number of ether oxygens (including phenoxy) is 2. The second-order valence-corrected chi connectivity index (χ2v) is 5.68. The Bertz CT molecular complexity index is 468. The van der Waals surface area contributed by atoms with Crippen LogP contribution in [0, 0.1) is 0 Å². The zero-order valence-corrected chi connectivity index (χ0v) is 12.3. The first kappa shape index (κ1) is 14.0. The van der Waals surface area contributed by atoms with E-state index >= 15 is 0 Å². The fourth-order valence-electron chi connectivity index (χ4n) is 3.24. The summed E-state index contributed by atoms with van der Waals surface area (Å²) >= 11 is 0. The van der Waals surface area contributed by atoms with E-state index in [9.17, 15) is 0 Å². The van der Waals surface area contributed by atoms with Gasteiger partial charge in [0, 0.05) is 31.7 Å². The van der Waals surface area contributed by atoms with E-state index in [4.69, 9.17) is 15.2 Å². The lowest BCUT2D eigenvalue weighted by molar-refractivity contribution is -0.188. The Kier molecular flexibility index (Phi) is 3.79. The highest BCUT2D eigenvalue weighted by Crippen LogP contribution is 2.40. The van der Waals surface area contributed by atoms with Gasteiger partial charge in [-0.3, -0.25) is 0 Å². The van der Waals surface area contributed by atoms with Crippen LogP contribution in [0.15, 0.2) is 0 Å². The molecule has 1 aromatic heterocycles. The van der Waals surface area contributed by atoms with Crippen molar-refractivity contribution in [3.63, 3.8) is 0 Å². The van der Waals surface area contributed by atoms with Gasteiger partial charge in [0.15, 0.2) is 11.6 Å². The molecule has 1 aliphatic carbocycles. The van der Waals surface area contributed by atoms with Gasteiger partial charge in [-0.15, -0.1) is 0 Å². The van der Waals surface area contributed by atoms with Gasteiger partial charge in [-0.05, 0) is 6.42 Å². The molecule has 1 aromatic rings. The fraction of sp³-hybridized carbons (Fsp3) is 0.857. The molecular weight excluding hydrogens is 256 g/mol. The molecule has 2 heterocycles. The van der Waals surface area contributed by atoms with Crippen molar-refractivity contribution in [3.8, 4) is 0 Å². The van der Waals surface area contributed by atoms with E-state index in [-0.39, 0.29) is 12.1 Å². The highest BCUT2D eigenvalue weighted by molar-refractivity contribution is 5.00. The molecule has 0 amide bonds. The van der Waals surface area contributed by atoms with Crippen LogP contribution in [0.5, 0.6) is 0 Å². The lowest BCUT2D eigenvalue weighted by Gasteiger charge is -2.39. The molecule has 1 saturated carbocycles. The van der Waals surface area contributed by atoms with Gasteiger partial charge >= 0.3 is 0 Å². The maximum absolute atomic E-state index is 6.34. The summed E-state index contributed by atoms with van der Waals surface area (Å²) < 4.78 is 13.7. The van der Waals surface area contributed by atoms with Crippen molar-refractivity contribution in [2.24, 2.45) is 5.73 Å². The number of nitrogens with two attached hydrogens (primary N) is 1. The molecule has 0 radical (unpaired) electrons. The molecule has 6 heteroatoms. The molecule has 1 spiro atoms. The quantitative estimate of drug-likeness (QED) is 0.900. The first-order valence-electron chi connectivity index (χ1n) is 7.65. The average molecular weight is 280 g/mol. The molecule has 2 aliphatic rings. The highest BCUT2D eigenvalue weighted by Gasteiger charge is 2.45. The molecule has 1 saturated heterocycles. The Morgan fingerprint density at radius 3 is 2.70 bits per heavy atom. The Hall–Kier alpha value is -0.980. The monoisotopic (exact) mass is 280 g/mol. The van der Waals surface area contributed by atoms with E-state index in [1.54, 1.807) is 0 Å². The number of aryl methyl sites for hydroxylation is 2. The molecule has 2 fully saturated rings. The zero-order chi connectivity index (χ0) is 14.2. The lowest BCUT2D eigenvalue weighted by atomic mass is 9.86. The Morgan fingerprint density at radius 1 is 1.30 bits per heavy atom. The second kappa shape index (κ2) is 5.42. The van der Waals surface area contributed by atoms with Crippen molar-refractivity contribution in [2.45, 2.75) is 63.8 Å². The minimum atomic E-state index is -0.441. The number of aromatic nitrogens is 3. The van der Waals surface area contributed by atoms with Crippen LogP contribution in [-0.4, -0.2) is 39.8 Å². The summed E-state index contributed by atoms with van der Waals surface area (Å²) in [5.41, 5.74) is 6.34. The molecule has 2 atom stereocenters. The number of hydrogen-bond donors (Lipinski definition) is 1. The predicted molar refractivity (Wildman–Crippen MR) is 74.3 cm³/mol. The Morgan fingerprint density at radius 2 is 2.05 bits per heavy atom. The highest BCUT2D eigenvalue weighted by atomic mass is 16.7. The van der Waals surface area contributed by atoms with Crippen molar-refractivity contribution < 1.29 is 9.47 Å². The summed E-state index contributed by atoms with van der Waals surface area (Å²) in [5, 5.41) is 4.64. The van der Waals surface area contributed by atoms with Gasteiger partial charge in [0.2, 0.25) is 0 Å². The lowest BCUT2D eigenvalue weighted by Crippen LogP contribution is -2.47. The van der Waals surface area contributed by atoms with E-state index in [0.717, 1.165) is 43.8 Å². The first-order chi connectivity index (χ1) is 9.67. The Balaban J connectivity index is 1.88. The minimum absolute atomic E-state index is 0.0881. The topological polar surface area (TPSA) is 75.2 Å². The average Bonchev–Trinajstić information content (AvgIpc) is 3.09. The summed E-state index contributed by atoms with van der Waals surface area (Å²) in [6, 6.07) is 0.203. The maximum Gasteiger partial charge on any atom is 0.170 e. The third-order valence-corrected chi connectivity index (χ3v) is 4.38. The molecule has 3 rings (SSSR count). The van der Waals surface area contributed by atoms with Crippen molar-refractivity contribution in [2.75, 3.05) is 13.2 Å². The van der Waals surface area contributed by atoms with Gasteiger partial charge < -0.3 is 15.2 Å². The van der Waals surface area contributed by atoms with Crippen LogP contribution in [0.4, 0.5) is 0 Å². The summed E-state index contributed by atoms with van der Waals surface area (Å²) in [6.45, 7) is 5.54. The van der Waals surface area contributed by atoms with Gasteiger partial charge in [0.25, 0.3) is 0 Å². The normalized spacial score (nSPS) is 29.1. The SMILES string of the molecule is CCc1nc(CC)n(C2CC3(CCC2N)OCCO3)n1. The van der Waals surface area contributed by atoms with Crippen molar-refractivity contribution in [3.05, 3.63) is 11.6 Å². The third kappa shape index (κ3) is 2.36. The standard InChI is InChI=1S/C14H24N4O2/c1-3-12-16-13(4-2)18(17-12)11-9-14(6-5-10(11)15)19-7-8-20-14/h10-11H,3-9,15H2,1-2H3. The molecule has 112 valence electrons. The van der Waals surface area contributed by atoms with Gasteiger partial charge in [0.05, 0.1) is 19.3 Å². The van der Waals surface area contributed by atoms with Crippen LogP contribution in [0.25, 0.3) is 0 Å². The van der Waals surface area contributed by atoms with Crippen LogP contribution in [-0.2, 0) is 22.3 Å². The van der Waals surface area contributed by atoms with E-state index in [2.05, 4.69) is 23.9 Å². The van der Waals surface area contributed by atoms with Crippen LogP contribution < -0.4 is 5.73 Å². The maximum atomic E-state index is 6.34. The molecule has 0 bridgehead atoms. The molecule has 6 nitrogen and oxygen atoms in total. The largest absolute Gasteiger partial charge is 0.347 e. The van der Waals surface area contributed by atoms with Crippen LogP contribution >= 0.6 is 0 Å². The van der Waals surface area contributed by atoms with Crippen molar-refractivity contribution >= 4 is 0 Å². The predicted octanol–water partition coefficient (Wildman–Crippen LogP) is 1.20. The molecule has 20 heavy (non-hydrogen) atoms. The second-order valence-electron chi connectivity index (χ2n) is 5.68. The van der Waals surface area contributed by atoms with E-state index < -0.39 is 5.79 Å². The van der Waals surface area contributed by atoms with Crippen molar-refractivity contribution in [1.82, 2.24) is 14.8 Å². The van der Waals surface area contributed by atoms with E-state index in [0.29, 0.717) is 13.2 Å². The van der Waals surface area contributed by atoms with Gasteiger partial charge in [-0.1, -0.05) is 13.8 Å². The molecule has 1 aliphatic heterocycles. The van der Waals surface area contributed by atoms with Crippen LogP contribution in [0.2, 0.25) is 0 Å². The molecule has 0 aromatic carbocycles. The summed E-state index contributed by atoms with van der Waals surface area (Å²) in [6.07, 6.45) is 4.26. The summed E-state index contributed by atoms with van der Waals surface area (Å²) in [4.78, 5) is 4.59. The van der Waals surface area contributed by atoms with E-state index in [1.165, 1.54) is 0 Å². The zero-order valence-electron chi connectivity index (χ0n) is 12.3. The number of hydrogen-bond acceptors (Lipinski definition) is 5. The van der Waals surface area contributed by atoms with Crippen LogP contribution in [0.3, 0.4) is 0 Å². The number of rotatable bonds is 3. The first-order valence-corrected chi connectivity index (χ1v) is 7.65. The van der Waals surface area contributed by atoms with Gasteiger partial charge in [-0.2, -0.15) is 5.10 Å². The molecular formula is C14H24N4O2. The Labute approximate surface area is 119 Å². The fourth-order valence-corrected chi connectivity index (χ4v) is 3.24. The summed E-state index contributed by atoms with van der Waals surface area (Å²) in [7, 11) is 0. The summed E-state index contributed by atoms with van der Waals surface area (Å²) in [5.74, 6) is 1.46. The van der Waals surface area contributed by atoms with Gasteiger partial charge in [0.1, 0.15) is 5.82 Å². The van der Waals surface area contributed by atoms with Crippen LogP contribution in [0.1, 0.15) is 50.8 Å². The van der Waals surface area contributed by atoms with Crippen molar-refractivity contribution in [1.29, 1.82) is 0 Å².